The molecule has 5 heteroatoms. The van der Waals surface area contributed by atoms with Crippen LogP contribution < -0.4 is 16.4 Å². The van der Waals surface area contributed by atoms with Gasteiger partial charge in [-0.05, 0) is 12.8 Å². The molecule has 0 spiro atoms. The van der Waals surface area contributed by atoms with Crippen molar-refractivity contribution < 1.29 is 9.59 Å². The fourth-order valence-electron chi connectivity index (χ4n) is 1.51. The lowest BCUT2D eigenvalue weighted by Gasteiger charge is -2.22. The van der Waals surface area contributed by atoms with Gasteiger partial charge in [-0.25, -0.2) is 0 Å². The summed E-state index contributed by atoms with van der Waals surface area (Å²) in [5, 5.41) is 5.70. The van der Waals surface area contributed by atoms with E-state index in [9.17, 15) is 9.59 Å². The topological polar surface area (TPSA) is 84.2 Å². The van der Waals surface area contributed by atoms with E-state index in [4.69, 9.17) is 5.73 Å². The minimum absolute atomic E-state index is 0.0851. The quantitative estimate of drug-likeness (QED) is 0.585. The van der Waals surface area contributed by atoms with E-state index in [1.54, 1.807) is 0 Å². The van der Waals surface area contributed by atoms with E-state index >= 15 is 0 Å². The maximum atomic E-state index is 11.1. The molecule has 84 valence electrons. The fourth-order valence-corrected chi connectivity index (χ4v) is 1.51. The summed E-state index contributed by atoms with van der Waals surface area (Å²) in [6.07, 6.45) is 1.46. The van der Waals surface area contributed by atoms with Crippen LogP contribution in [-0.2, 0) is 9.59 Å². The number of rotatable bonds is 4. The van der Waals surface area contributed by atoms with Gasteiger partial charge in [0, 0.05) is 11.8 Å². The fraction of sp³-hybridized carbons (Fsp3) is 0.600. The molecule has 0 unspecified atom stereocenters. The van der Waals surface area contributed by atoms with Crippen LogP contribution in [0.1, 0.15) is 20.8 Å². The maximum absolute atomic E-state index is 11.1. The highest BCUT2D eigenvalue weighted by molar-refractivity contribution is 5.92. The van der Waals surface area contributed by atoms with Crippen molar-refractivity contribution in [2.45, 2.75) is 32.9 Å². The van der Waals surface area contributed by atoms with Crippen LogP contribution in [0.15, 0.2) is 11.8 Å². The van der Waals surface area contributed by atoms with Crippen LogP contribution in [0.3, 0.4) is 0 Å². The second-order valence-electron chi connectivity index (χ2n) is 4.10. The zero-order valence-corrected chi connectivity index (χ0v) is 9.20. The lowest BCUT2D eigenvalue weighted by Crippen LogP contribution is -2.46. The van der Waals surface area contributed by atoms with Gasteiger partial charge in [-0.2, -0.15) is 0 Å². The van der Waals surface area contributed by atoms with Gasteiger partial charge in [0.25, 0.3) is 0 Å². The Morgan fingerprint density at radius 3 is 2.53 bits per heavy atom. The van der Waals surface area contributed by atoms with E-state index in [-0.39, 0.29) is 17.9 Å². The highest BCUT2D eigenvalue weighted by Gasteiger charge is 2.25. The third-order valence-corrected chi connectivity index (χ3v) is 2.41. The second kappa shape index (κ2) is 4.33. The first kappa shape index (κ1) is 11.6. The van der Waals surface area contributed by atoms with Gasteiger partial charge in [-0.1, -0.05) is 13.8 Å². The SMILES string of the molecule is CC(C)[C@H](NC1=CC(=O)N[C@H]1C)C(N)=O. The molecule has 0 aromatic carbocycles. The molecular formula is C10H17N3O2. The largest absolute Gasteiger partial charge is 0.375 e. The molecule has 0 saturated heterocycles. The summed E-state index contributed by atoms with van der Waals surface area (Å²) in [7, 11) is 0. The van der Waals surface area contributed by atoms with E-state index < -0.39 is 11.9 Å². The summed E-state index contributed by atoms with van der Waals surface area (Å²) in [6, 6.07) is -0.524. The van der Waals surface area contributed by atoms with Crippen LogP contribution in [0.25, 0.3) is 0 Å². The van der Waals surface area contributed by atoms with Crippen LogP contribution in [0.4, 0.5) is 0 Å². The minimum atomic E-state index is -0.439. The van der Waals surface area contributed by atoms with Crippen LogP contribution in [0.5, 0.6) is 0 Å². The van der Waals surface area contributed by atoms with E-state index in [1.165, 1.54) is 6.08 Å². The van der Waals surface area contributed by atoms with Gasteiger partial charge in [0.1, 0.15) is 6.04 Å². The van der Waals surface area contributed by atoms with Crippen molar-refractivity contribution in [2.24, 2.45) is 11.7 Å². The highest BCUT2D eigenvalue weighted by atomic mass is 16.2. The lowest BCUT2D eigenvalue weighted by atomic mass is 10.0. The molecule has 0 bridgehead atoms. The second-order valence-corrected chi connectivity index (χ2v) is 4.10. The molecule has 0 aromatic rings. The molecule has 15 heavy (non-hydrogen) atoms. The standard InChI is InChI=1S/C10H17N3O2/c1-5(2)9(10(11)15)13-7-4-8(14)12-6(7)3/h4-6,9,13H,1-3H3,(H2,11,15)(H,12,14)/t6-,9-/m0/s1. The van der Waals surface area contributed by atoms with Gasteiger partial charge in [-0.3, -0.25) is 9.59 Å². The van der Waals surface area contributed by atoms with Gasteiger partial charge in [0.2, 0.25) is 11.8 Å². The average molecular weight is 211 g/mol. The molecule has 5 nitrogen and oxygen atoms in total. The molecule has 0 aromatic heterocycles. The van der Waals surface area contributed by atoms with Crippen molar-refractivity contribution >= 4 is 11.8 Å². The number of carbonyl (C=O) groups excluding carboxylic acids is 2. The normalized spacial score (nSPS) is 22.3. The predicted molar refractivity (Wildman–Crippen MR) is 56.6 cm³/mol. The smallest absolute Gasteiger partial charge is 0.246 e. The Labute approximate surface area is 89.1 Å². The molecule has 2 amide bonds. The third kappa shape index (κ3) is 2.71. The summed E-state index contributed by atoms with van der Waals surface area (Å²) in [5.74, 6) is -0.458. The van der Waals surface area contributed by atoms with E-state index in [0.717, 1.165) is 5.70 Å². The Morgan fingerprint density at radius 1 is 1.60 bits per heavy atom. The summed E-state index contributed by atoms with van der Waals surface area (Å²) in [6.45, 7) is 5.65. The molecule has 0 saturated carbocycles. The zero-order chi connectivity index (χ0) is 11.6. The van der Waals surface area contributed by atoms with Crippen LogP contribution >= 0.6 is 0 Å². The molecule has 4 N–H and O–H groups in total. The highest BCUT2D eigenvalue weighted by Crippen LogP contribution is 2.10. The Balaban J connectivity index is 2.71. The minimum Gasteiger partial charge on any atom is -0.375 e. The molecular weight excluding hydrogens is 194 g/mol. The van der Waals surface area contributed by atoms with Gasteiger partial charge in [-0.15, -0.1) is 0 Å². The molecule has 1 aliphatic heterocycles. The van der Waals surface area contributed by atoms with Crippen molar-refractivity contribution in [2.75, 3.05) is 0 Å². The van der Waals surface area contributed by atoms with E-state index in [1.807, 2.05) is 20.8 Å². The first-order chi connectivity index (χ1) is 6.91. The van der Waals surface area contributed by atoms with Crippen LogP contribution in [0.2, 0.25) is 0 Å². The van der Waals surface area contributed by atoms with Gasteiger partial charge < -0.3 is 16.4 Å². The molecule has 1 heterocycles. The number of primary amides is 1. The van der Waals surface area contributed by atoms with Crippen molar-refractivity contribution in [3.05, 3.63) is 11.8 Å². The van der Waals surface area contributed by atoms with E-state index in [2.05, 4.69) is 10.6 Å². The predicted octanol–water partition coefficient (Wildman–Crippen LogP) is -0.512. The van der Waals surface area contributed by atoms with E-state index in [0.29, 0.717) is 0 Å². The van der Waals surface area contributed by atoms with Crippen molar-refractivity contribution in [1.29, 1.82) is 0 Å². The maximum Gasteiger partial charge on any atom is 0.246 e. The summed E-state index contributed by atoms with van der Waals surface area (Å²) in [4.78, 5) is 22.2. The molecule has 1 rings (SSSR count). The molecule has 0 fully saturated rings. The van der Waals surface area contributed by atoms with Crippen molar-refractivity contribution in [3.8, 4) is 0 Å². The molecule has 2 atom stereocenters. The first-order valence-corrected chi connectivity index (χ1v) is 4.99. The number of amides is 2. The third-order valence-electron chi connectivity index (χ3n) is 2.41. The van der Waals surface area contributed by atoms with Crippen LogP contribution in [0, 0.1) is 5.92 Å². The van der Waals surface area contributed by atoms with Gasteiger partial charge >= 0.3 is 0 Å². The van der Waals surface area contributed by atoms with Crippen LogP contribution in [-0.4, -0.2) is 23.9 Å². The summed E-state index contributed by atoms with van der Waals surface area (Å²) < 4.78 is 0. The molecule has 0 aliphatic carbocycles. The first-order valence-electron chi connectivity index (χ1n) is 4.99. The van der Waals surface area contributed by atoms with Gasteiger partial charge in [0.05, 0.1) is 6.04 Å². The Kier molecular flexibility index (Phi) is 3.34. The van der Waals surface area contributed by atoms with Gasteiger partial charge in [0.15, 0.2) is 0 Å². The lowest BCUT2D eigenvalue weighted by molar-refractivity contribution is -0.120. The Morgan fingerprint density at radius 2 is 2.20 bits per heavy atom. The number of hydrogen-bond donors (Lipinski definition) is 3. The number of hydrogen-bond acceptors (Lipinski definition) is 3. The Hall–Kier alpha value is -1.52. The number of nitrogens with one attached hydrogen (secondary N) is 2. The van der Waals surface area contributed by atoms with Crippen molar-refractivity contribution in [1.82, 2.24) is 10.6 Å². The monoisotopic (exact) mass is 211 g/mol. The summed E-state index contributed by atoms with van der Waals surface area (Å²) >= 11 is 0. The average Bonchev–Trinajstić information content (AvgIpc) is 2.39. The molecule has 1 aliphatic rings. The molecule has 0 radical (unpaired) electrons. The number of carbonyl (C=O) groups is 2. The Bertz CT molecular complexity index is 310. The zero-order valence-electron chi connectivity index (χ0n) is 9.20. The van der Waals surface area contributed by atoms with Crippen molar-refractivity contribution in [3.63, 3.8) is 0 Å². The number of nitrogens with two attached hydrogens (primary N) is 1. The summed E-state index contributed by atoms with van der Waals surface area (Å²) in [5.41, 5.74) is 5.98.